The van der Waals surface area contributed by atoms with Gasteiger partial charge < -0.3 is 9.84 Å². The summed E-state index contributed by atoms with van der Waals surface area (Å²) < 4.78 is 5.01. The molecule has 0 atom stereocenters. The molecule has 0 fully saturated rings. The molecule has 3 heteroatoms. The van der Waals surface area contributed by atoms with Crippen molar-refractivity contribution in [3.8, 4) is 0 Å². The quantitative estimate of drug-likeness (QED) is 0.352. The van der Waals surface area contributed by atoms with Crippen LogP contribution in [0.4, 0.5) is 0 Å². The van der Waals surface area contributed by atoms with Gasteiger partial charge in [0.1, 0.15) is 0 Å². The molecule has 16 heavy (non-hydrogen) atoms. The van der Waals surface area contributed by atoms with Gasteiger partial charge in [-0.1, -0.05) is 39.0 Å². The summed E-state index contributed by atoms with van der Waals surface area (Å²) in [5.41, 5.74) is 0.386. The van der Waals surface area contributed by atoms with Crippen LogP contribution in [-0.4, -0.2) is 17.7 Å². The van der Waals surface area contributed by atoms with E-state index in [4.69, 9.17) is 9.84 Å². The van der Waals surface area contributed by atoms with Gasteiger partial charge in [0.05, 0.1) is 18.4 Å². The Labute approximate surface area is 98.5 Å². The largest absolute Gasteiger partial charge is 0.501 e. The molecule has 0 unspecified atom stereocenters. The summed E-state index contributed by atoms with van der Waals surface area (Å²) in [6.45, 7) is 4.56. The van der Waals surface area contributed by atoms with E-state index in [0.717, 1.165) is 12.8 Å². The minimum absolute atomic E-state index is 0.386. The molecular weight excluding hydrogens is 204 g/mol. The SMILES string of the molecule is CCCCCCCC/C(=C/OCC)C(=O)O. The zero-order valence-electron chi connectivity index (χ0n) is 10.5. The van der Waals surface area contributed by atoms with Gasteiger partial charge in [-0.2, -0.15) is 0 Å². The van der Waals surface area contributed by atoms with Crippen LogP contribution in [0, 0.1) is 0 Å². The Morgan fingerprint density at radius 2 is 1.75 bits per heavy atom. The van der Waals surface area contributed by atoms with Crippen molar-refractivity contribution < 1.29 is 14.6 Å². The fraction of sp³-hybridized carbons (Fsp3) is 0.769. The van der Waals surface area contributed by atoms with E-state index in [9.17, 15) is 4.79 Å². The van der Waals surface area contributed by atoms with Crippen molar-refractivity contribution in [1.29, 1.82) is 0 Å². The van der Waals surface area contributed by atoms with Crippen LogP contribution in [0.1, 0.15) is 58.8 Å². The van der Waals surface area contributed by atoms with E-state index in [0.29, 0.717) is 18.6 Å². The van der Waals surface area contributed by atoms with Gasteiger partial charge in [-0.3, -0.25) is 0 Å². The van der Waals surface area contributed by atoms with Crippen LogP contribution in [0.5, 0.6) is 0 Å². The van der Waals surface area contributed by atoms with E-state index >= 15 is 0 Å². The number of unbranched alkanes of at least 4 members (excludes halogenated alkanes) is 5. The highest BCUT2D eigenvalue weighted by Gasteiger charge is 2.06. The fourth-order valence-corrected chi connectivity index (χ4v) is 1.50. The van der Waals surface area contributed by atoms with E-state index in [-0.39, 0.29) is 0 Å². The zero-order valence-corrected chi connectivity index (χ0v) is 10.5. The maximum Gasteiger partial charge on any atom is 0.334 e. The van der Waals surface area contributed by atoms with Gasteiger partial charge in [0.15, 0.2) is 0 Å². The van der Waals surface area contributed by atoms with Crippen LogP contribution in [0.25, 0.3) is 0 Å². The Morgan fingerprint density at radius 1 is 1.12 bits per heavy atom. The molecule has 1 N–H and O–H groups in total. The lowest BCUT2D eigenvalue weighted by molar-refractivity contribution is -0.133. The molecule has 94 valence electrons. The van der Waals surface area contributed by atoms with Crippen LogP contribution < -0.4 is 0 Å². The number of ether oxygens (including phenoxy) is 1. The molecule has 0 aliphatic heterocycles. The highest BCUT2D eigenvalue weighted by molar-refractivity contribution is 5.86. The van der Waals surface area contributed by atoms with Crippen molar-refractivity contribution in [2.45, 2.75) is 58.8 Å². The van der Waals surface area contributed by atoms with Gasteiger partial charge >= 0.3 is 5.97 Å². The molecule has 0 aromatic heterocycles. The van der Waals surface area contributed by atoms with Gasteiger partial charge in [-0.15, -0.1) is 0 Å². The van der Waals surface area contributed by atoms with Crippen molar-refractivity contribution in [2.24, 2.45) is 0 Å². The lowest BCUT2D eigenvalue weighted by atomic mass is 10.1. The summed E-state index contributed by atoms with van der Waals surface area (Å²) in [5.74, 6) is -0.859. The summed E-state index contributed by atoms with van der Waals surface area (Å²) in [5, 5.41) is 8.89. The molecule has 0 heterocycles. The third kappa shape index (κ3) is 8.33. The second-order valence-corrected chi connectivity index (χ2v) is 3.92. The van der Waals surface area contributed by atoms with E-state index in [2.05, 4.69) is 6.92 Å². The minimum Gasteiger partial charge on any atom is -0.501 e. The highest BCUT2D eigenvalue weighted by Crippen LogP contribution is 2.12. The first kappa shape index (κ1) is 15.0. The lowest BCUT2D eigenvalue weighted by Gasteiger charge is -2.03. The molecule has 0 amide bonds. The van der Waals surface area contributed by atoms with E-state index < -0.39 is 5.97 Å². The van der Waals surface area contributed by atoms with Crippen molar-refractivity contribution >= 4 is 5.97 Å². The Balaban J connectivity index is 3.65. The van der Waals surface area contributed by atoms with Gasteiger partial charge in [0, 0.05) is 0 Å². The fourth-order valence-electron chi connectivity index (χ4n) is 1.50. The molecule has 0 aliphatic carbocycles. The van der Waals surface area contributed by atoms with Crippen LogP contribution in [0.15, 0.2) is 11.8 Å². The van der Waals surface area contributed by atoms with E-state index in [1.54, 1.807) is 0 Å². The normalized spacial score (nSPS) is 11.5. The molecular formula is C13H24O3. The van der Waals surface area contributed by atoms with Crippen molar-refractivity contribution in [3.63, 3.8) is 0 Å². The van der Waals surface area contributed by atoms with Crippen molar-refractivity contribution in [1.82, 2.24) is 0 Å². The molecule has 0 aromatic rings. The smallest absolute Gasteiger partial charge is 0.334 e. The third-order valence-corrected chi connectivity index (χ3v) is 2.47. The van der Waals surface area contributed by atoms with Crippen LogP contribution in [0.3, 0.4) is 0 Å². The number of hydrogen-bond donors (Lipinski definition) is 1. The Kier molecular flexibility index (Phi) is 9.87. The molecule has 0 rings (SSSR count). The summed E-state index contributed by atoms with van der Waals surface area (Å²) >= 11 is 0. The van der Waals surface area contributed by atoms with Gasteiger partial charge in [0.25, 0.3) is 0 Å². The highest BCUT2D eigenvalue weighted by atomic mass is 16.5. The number of hydrogen-bond acceptors (Lipinski definition) is 2. The summed E-state index contributed by atoms with van der Waals surface area (Å²) in [6.07, 6.45) is 9.02. The van der Waals surface area contributed by atoms with Gasteiger partial charge in [-0.05, 0) is 19.8 Å². The molecule has 3 nitrogen and oxygen atoms in total. The van der Waals surface area contributed by atoms with Crippen LogP contribution in [-0.2, 0) is 9.53 Å². The van der Waals surface area contributed by atoms with E-state index in [1.165, 1.54) is 31.9 Å². The molecule has 0 aromatic carbocycles. The first-order valence-corrected chi connectivity index (χ1v) is 6.26. The van der Waals surface area contributed by atoms with Gasteiger partial charge in [0.2, 0.25) is 0 Å². The molecule has 0 bridgehead atoms. The van der Waals surface area contributed by atoms with Crippen molar-refractivity contribution in [2.75, 3.05) is 6.61 Å². The Hall–Kier alpha value is -0.990. The third-order valence-electron chi connectivity index (χ3n) is 2.47. The second kappa shape index (κ2) is 10.5. The monoisotopic (exact) mass is 228 g/mol. The first-order chi connectivity index (χ1) is 7.72. The number of carboxylic acid groups (broad SMARTS) is 1. The summed E-state index contributed by atoms with van der Waals surface area (Å²) in [4.78, 5) is 10.8. The number of carbonyl (C=O) groups is 1. The maximum atomic E-state index is 10.8. The minimum atomic E-state index is -0.859. The molecule has 0 radical (unpaired) electrons. The maximum absolute atomic E-state index is 10.8. The predicted molar refractivity (Wildman–Crippen MR) is 65.3 cm³/mol. The molecule has 0 aliphatic rings. The Morgan fingerprint density at radius 3 is 2.31 bits per heavy atom. The average Bonchev–Trinajstić information content (AvgIpc) is 2.26. The standard InChI is InChI=1S/C13H24O3/c1-3-5-6-7-8-9-10-12(13(14)15)11-16-4-2/h11H,3-10H2,1-2H3,(H,14,15)/b12-11-. The summed E-state index contributed by atoms with van der Waals surface area (Å²) in [7, 11) is 0. The zero-order chi connectivity index (χ0) is 12.2. The molecule has 0 saturated heterocycles. The van der Waals surface area contributed by atoms with Crippen LogP contribution >= 0.6 is 0 Å². The molecule has 0 saturated carbocycles. The average molecular weight is 228 g/mol. The van der Waals surface area contributed by atoms with Gasteiger partial charge in [-0.25, -0.2) is 4.79 Å². The first-order valence-electron chi connectivity index (χ1n) is 6.26. The second-order valence-electron chi connectivity index (χ2n) is 3.92. The topological polar surface area (TPSA) is 46.5 Å². The lowest BCUT2D eigenvalue weighted by Crippen LogP contribution is -2.01. The number of aliphatic carboxylic acids is 1. The molecule has 0 spiro atoms. The number of carboxylic acids is 1. The Bertz CT molecular complexity index is 209. The number of rotatable bonds is 10. The van der Waals surface area contributed by atoms with Crippen LogP contribution in [0.2, 0.25) is 0 Å². The summed E-state index contributed by atoms with van der Waals surface area (Å²) in [6, 6.07) is 0. The van der Waals surface area contributed by atoms with Crippen molar-refractivity contribution in [3.05, 3.63) is 11.8 Å². The predicted octanol–water partition coefficient (Wildman–Crippen LogP) is 3.74. The van der Waals surface area contributed by atoms with E-state index in [1.807, 2.05) is 6.92 Å².